The summed E-state index contributed by atoms with van der Waals surface area (Å²) in [4.78, 5) is 12.8. The summed E-state index contributed by atoms with van der Waals surface area (Å²) in [5, 5.41) is 30.8. The Kier molecular flexibility index (Phi) is 5.68. The topological polar surface area (TPSA) is 113 Å². The van der Waals surface area contributed by atoms with Gasteiger partial charge >= 0.3 is 11.8 Å². The van der Waals surface area contributed by atoms with E-state index in [-0.39, 0.29) is 23.5 Å². The van der Waals surface area contributed by atoms with Crippen LogP contribution < -0.4 is 19.5 Å². The number of fused-ring (bicyclic) bond motifs is 1. The van der Waals surface area contributed by atoms with Gasteiger partial charge in [-0.15, -0.1) is 4.73 Å². The van der Waals surface area contributed by atoms with Gasteiger partial charge in [0.1, 0.15) is 5.75 Å². The fourth-order valence-corrected chi connectivity index (χ4v) is 3.99. The van der Waals surface area contributed by atoms with Gasteiger partial charge in [-0.2, -0.15) is 5.10 Å². The largest absolute Gasteiger partial charge is 0.615 e. The molecule has 1 aliphatic rings. The molecule has 0 atom stereocenters. The number of anilines is 1. The number of hydrogen-bond donors (Lipinski definition) is 2. The Bertz CT molecular complexity index is 1150. The van der Waals surface area contributed by atoms with Gasteiger partial charge in [-0.3, -0.25) is 9.48 Å². The summed E-state index contributed by atoms with van der Waals surface area (Å²) in [7, 11) is 1.37. The van der Waals surface area contributed by atoms with E-state index in [9.17, 15) is 15.1 Å². The highest BCUT2D eigenvalue weighted by Crippen LogP contribution is 2.44. The van der Waals surface area contributed by atoms with Gasteiger partial charge in [0.05, 0.1) is 42.6 Å². The number of ether oxygens (including phenoxy) is 2. The molecule has 9 heteroatoms. The second-order valence-corrected chi connectivity index (χ2v) is 8.63. The Hall–Kier alpha value is -3.33. The van der Waals surface area contributed by atoms with Gasteiger partial charge in [-0.25, -0.2) is 0 Å². The highest BCUT2D eigenvalue weighted by atomic mass is 16.5. The van der Waals surface area contributed by atoms with E-state index in [1.165, 1.54) is 19.2 Å². The van der Waals surface area contributed by atoms with Crippen LogP contribution in [0.3, 0.4) is 0 Å². The number of amides is 1. The molecule has 1 saturated carbocycles. The number of benzene rings is 1. The predicted octanol–water partition coefficient (Wildman–Crippen LogP) is 3.05. The van der Waals surface area contributed by atoms with Crippen molar-refractivity contribution >= 4 is 22.5 Å². The molecule has 32 heavy (non-hydrogen) atoms. The summed E-state index contributed by atoms with van der Waals surface area (Å²) >= 11 is 0. The monoisotopic (exact) mass is 440 g/mol. The smallest absolute Gasteiger partial charge is 0.379 e. The first kappa shape index (κ1) is 21.9. The van der Waals surface area contributed by atoms with Crippen molar-refractivity contribution in [2.75, 3.05) is 19.0 Å². The van der Waals surface area contributed by atoms with Crippen LogP contribution in [0.15, 0.2) is 36.5 Å². The SMILES string of the molecule is CCOc1cc2nn(C3CC(C(C)(C)O)C3)cc2cc1NC(=O)c1cccc(OC)[n+]1[O-]. The molecule has 1 aliphatic carbocycles. The number of carbonyl (C=O) groups excluding carboxylic acids is 1. The maximum atomic E-state index is 12.8. The molecule has 0 radical (unpaired) electrons. The number of hydrogen-bond acceptors (Lipinski definition) is 6. The van der Waals surface area contributed by atoms with Gasteiger partial charge in [0, 0.05) is 23.7 Å². The number of carbonyl (C=O) groups is 1. The quantitative estimate of drug-likeness (QED) is 0.431. The molecule has 2 heterocycles. The Labute approximate surface area is 186 Å². The average molecular weight is 441 g/mol. The molecule has 0 aliphatic heterocycles. The van der Waals surface area contributed by atoms with Crippen LogP contribution in [0.4, 0.5) is 5.69 Å². The lowest BCUT2D eigenvalue weighted by atomic mass is 9.71. The van der Waals surface area contributed by atoms with Gasteiger partial charge in [0.15, 0.2) is 0 Å². The van der Waals surface area contributed by atoms with Crippen molar-refractivity contribution in [1.82, 2.24) is 9.78 Å². The maximum absolute atomic E-state index is 12.8. The number of rotatable bonds is 7. The molecule has 4 rings (SSSR count). The summed E-state index contributed by atoms with van der Waals surface area (Å²) in [5.41, 5.74) is 0.420. The van der Waals surface area contributed by atoms with E-state index < -0.39 is 11.5 Å². The van der Waals surface area contributed by atoms with Crippen molar-refractivity contribution in [2.45, 2.75) is 45.3 Å². The van der Waals surface area contributed by atoms with Crippen molar-refractivity contribution in [3.63, 3.8) is 0 Å². The number of aliphatic hydroxyl groups is 1. The zero-order valence-corrected chi connectivity index (χ0v) is 18.7. The van der Waals surface area contributed by atoms with E-state index in [2.05, 4.69) is 10.4 Å². The van der Waals surface area contributed by atoms with Crippen LogP contribution in [0.1, 0.15) is 50.1 Å². The molecule has 2 N–H and O–H groups in total. The van der Waals surface area contributed by atoms with Crippen molar-refractivity contribution in [3.05, 3.63) is 47.4 Å². The van der Waals surface area contributed by atoms with Crippen molar-refractivity contribution in [1.29, 1.82) is 0 Å². The van der Waals surface area contributed by atoms with E-state index >= 15 is 0 Å². The summed E-state index contributed by atoms with van der Waals surface area (Å²) in [6, 6.07) is 8.30. The van der Waals surface area contributed by atoms with Gasteiger partial charge in [0.2, 0.25) is 0 Å². The second-order valence-electron chi connectivity index (χ2n) is 8.63. The lowest BCUT2D eigenvalue weighted by molar-refractivity contribution is -0.614. The number of nitrogens with zero attached hydrogens (tertiary/aromatic N) is 3. The fraction of sp³-hybridized carbons (Fsp3) is 0.435. The Morgan fingerprint density at radius 1 is 1.38 bits per heavy atom. The third-order valence-corrected chi connectivity index (χ3v) is 6.01. The lowest BCUT2D eigenvalue weighted by Crippen LogP contribution is -2.41. The van der Waals surface area contributed by atoms with Crippen LogP contribution in [-0.4, -0.2) is 40.1 Å². The van der Waals surface area contributed by atoms with Crippen LogP contribution in [0.25, 0.3) is 10.9 Å². The highest BCUT2D eigenvalue weighted by Gasteiger charge is 2.40. The molecular weight excluding hydrogens is 412 g/mol. The number of pyridine rings is 1. The molecule has 3 aromatic rings. The highest BCUT2D eigenvalue weighted by molar-refractivity contribution is 6.04. The minimum absolute atomic E-state index is 0.0317. The van der Waals surface area contributed by atoms with E-state index in [1.807, 2.05) is 31.6 Å². The zero-order valence-electron chi connectivity index (χ0n) is 18.7. The van der Waals surface area contributed by atoms with E-state index in [4.69, 9.17) is 9.47 Å². The van der Waals surface area contributed by atoms with Crippen LogP contribution >= 0.6 is 0 Å². The molecule has 0 unspecified atom stereocenters. The van der Waals surface area contributed by atoms with Crippen molar-refractivity contribution < 1.29 is 24.1 Å². The third-order valence-electron chi connectivity index (χ3n) is 6.01. The molecule has 1 amide bonds. The maximum Gasteiger partial charge on any atom is 0.379 e. The second kappa shape index (κ2) is 8.31. The lowest BCUT2D eigenvalue weighted by Gasteiger charge is -2.42. The summed E-state index contributed by atoms with van der Waals surface area (Å²) in [5.74, 6) is 0.181. The standard InChI is InChI=1S/C23H28N4O5/c1-5-32-20-12-17-14(13-26(25-17)16-10-15(11-16)23(2,3)29)9-18(20)24-22(28)19-7-6-8-21(31-4)27(19)30/h6-9,12-13,15-16,29H,5,10-11H2,1-4H3,(H,24,28). The van der Waals surface area contributed by atoms with E-state index in [0.29, 0.717) is 22.8 Å². The molecule has 170 valence electrons. The van der Waals surface area contributed by atoms with Crippen LogP contribution in [0.5, 0.6) is 11.6 Å². The first-order valence-electron chi connectivity index (χ1n) is 10.7. The van der Waals surface area contributed by atoms with E-state index in [1.54, 1.807) is 18.2 Å². The summed E-state index contributed by atoms with van der Waals surface area (Å²) < 4.78 is 13.1. The minimum atomic E-state index is -0.693. The normalized spacial score (nSPS) is 18.3. The summed E-state index contributed by atoms with van der Waals surface area (Å²) in [6.07, 6.45) is 3.66. The van der Waals surface area contributed by atoms with Gasteiger partial charge in [-0.05, 0) is 51.7 Å². The minimum Gasteiger partial charge on any atom is -0.615 e. The summed E-state index contributed by atoms with van der Waals surface area (Å²) in [6.45, 7) is 5.94. The van der Waals surface area contributed by atoms with Gasteiger partial charge in [-0.1, -0.05) is 0 Å². The Morgan fingerprint density at radius 3 is 2.78 bits per heavy atom. The van der Waals surface area contributed by atoms with Gasteiger partial charge in [0.25, 0.3) is 5.69 Å². The molecule has 0 spiro atoms. The third kappa shape index (κ3) is 4.08. The van der Waals surface area contributed by atoms with E-state index in [0.717, 1.165) is 23.7 Å². The fourth-order valence-electron chi connectivity index (χ4n) is 3.99. The average Bonchev–Trinajstić information content (AvgIpc) is 3.08. The molecule has 9 nitrogen and oxygen atoms in total. The van der Waals surface area contributed by atoms with Crippen molar-refractivity contribution in [3.8, 4) is 11.6 Å². The molecule has 2 aromatic heterocycles. The van der Waals surface area contributed by atoms with Crippen LogP contribution in [-0.2, 0) is 0 Å². The number of methoxy groups -OCH3 is 1. The first-order valence-corrected chi connectivity index (χ1v) is 10.7. The molecule has 0 saturated heterocycles. The zero-order chi connectivity index (χ0) is 23.0. The Balaban J connectivity index is 1.61. The number of nitrogens with one attached hydrogen (secondary N) is 1. The Morgan fingerprint density at radius 2 is 2.12 bits per heavy atom. The molecule has 0 bridgehead atoms. The number of aromatic nitrogens is 3. The van der Waals surface area contributed by atoms with Crippen LogP contribution in [0.2, 0.25) is 0 Å². The predicted molar refractivity (Wildman–Crippen MR) is 119 cm³/mol. The van der Waals surface area contributed by atoms with Gasteiger partial charge < -0.3 is 25.1 Å². The molecule has 1 aromatic carbocycles. The van der Waals surface area contributed by atoms with Crippen molar-refractivity contribution in [2.24, 2.45) is 5.92 Å². The molecule has 1 fully saturated rings. The molecular formula is C23H28N4O5. The first-order chi connectivity index (χ1) is 15.2. The van der Waals surface area contributed by atoms with Crippen LogP contribution in [0, 0.1) is 11.1 Å².